The number of carbonyl (C=O) groups excluding carboxylic acids is 2. The number of alkyl halides is 3. The Balaban J connectivity index is 1.11. The van der Waals surface area contributed by atoms with Crippen LogP contribution in [0.1, 0.15) is 44.6 Å². The van der Waals surface area contributed by atoms with Crippen molar-refractivity contribution in [2.45, 2.75) is 56.8 Å². The standard InChI is InChI=1S/C24H32F3N5O2/c1-15(33)30-23-10-16-8-17(11-23)22(18(9-16)12-23)29-21(34)14-31-4-6-32(7-5-31)20-3-2-19(13-28-20)24(25,26)27/h2-3,13,16-18,22H,4-12,14H2,1H3,(H,29,34)(H,30,33). The molecule has 0 aromatic carbocycles. The van der Waals surface area contributed by atoms with E-state index in [1.165, 1.54) is 6.07 Å². The van der Waals surface area contributed by atoms with E-state index in [1.54, 1.807) is 6.92 Å². The predicted molar refractivity (Wildman–Crippen MR) is 120 cm³/mol. The summed E-state index contributed by atoms with van der Waals surface area (Å²) < 4.78 is 38.3. The quantitative estimate of drug-likeness (QED) is 0.679. The van der Waals surface area contributed by atoms with E-state index < -0.39 is 11.7 Å². The molecule has 2 unspecified atom stereocenters. The van der Waals surface area contributed by atoms with Crippen molar-refractivity contribution >= 4 is 17.6 Å². The van der Waals surface area contributed by atoms with E-state index in [4.69, 9.17) is 0 Å². The van der Waals surface area contributed by atoms with Gasteiger partial charge in [-0.25, -0.2) is 4.98 Å². The summed E-state index contributed by atoms with van der Waals surface area (Å²) in [5, 5.41) is 6.55. The van der Waals surface area contributed by atoms with E-state index in [0.29, 0.717) is 56.3 Å². The van der Waals surface area contributed by atoms with Gasteiger partial charge in [-0.05, 0) is 62.0 Å². The largest absolute Gasteiger partial charge is 0.417 e. The third kappa shape index (κ3) is 4.74. The molecule has 1 aromatic rings. The molecule has 34 heavy (non-hydrogen) atoms. The van der Waals surface area contributed by atoms with Gasteiger partial charge in [-0.3, -0.25) is 14.5 Å². The van der Waals surface area contributed by atoms with Crippen LogP contribution in [0.15, 0.2) is 18.3 Å². The maximum absolute atomic E-state index is 12.9. The first-order valence-corrected chi connectivity index (χ1v) is 12.2. The third-order valence-corrected chi connectivity index (χ3v) is 8.18. The highest BCUT2D eigenvalue weighted by molar-refractivity contribution is 5.78. The molecule has 186 valence electrons. The molecule has 4 saturated carbocycles. The Morgan fingerprint density at radius 3 is 2.32 bits per heavy atom. The van der Waals surface area contributed by atoms with Crippen molar-refractivity contribution in [3.05, 3.63) is 23.9 Å². The van der Waals surface area contributed by atoms with E-state index in [-0.39, 0.29) is 23.4 Å². The molecule has 2 atom stereocenters. The first-order chi connectivity index (χ1) is 16.1. The average molecular weight is 480 g/mol. The van der Waals surface area contributed by atoms with Crippen LogP contribution in [0, 0.1) is 17.8 Å². The summed E-state index contributed by atoms with van der Waals surface area (Å²) in [6.45, 7) is 4.45. The van der Waals surface area contributed by atoms with E-state index in [2.05, 4.69) is 20.5 Å². The molecule has 7 nitrogen and oxygen atoms in total. The molecular formula is C24H32F3N5O2. The SMILES string of the molecule is CC(=O)NC12CC3CC(C1)C(NC(=O)CN1CCN(c4ccc(C(F)(F)F)cn4)CC1)C(C3)C2. The Morgan fingerprint density at radius 1 is 1.09 bits per heavy atom. The second kappa shape index (κ2) is 8.70. The van der Waals surface area contributed by atoms with E-state index in [9.17, 15) is 22.8 Å². The lowest BCUT2D eigenvalue weighted by Gasteiger charge is -2.60. The minimum atomic E-state index is -4.39. The number of hydrogen-bond acceptors (Lipinski definition) is 5. The smallest absolute Gasteiger partial charge is 0.354 e. The van der Waals surface area contributed by atoms with Crippen LogP contribution in [0.2, 0.25) is 0 Å². The zero-order chi connectivity index (χ0) is 24.1. The van der Waals surface area contributed by atoms with Crippen LogP contribution in [0.3, 0.4) is 0 Å². The zero-order valence-electron chi connectivity index (χ0n) is 19.4. The van der Waals surface area contributed by atoms with E-state index in [0.717, 1.165) is 44.4 Å². The van der Waals surface area contributed by atoms with E-state index >= 15 is 0 Å². The number of piperazine rings is 1. The summed E-state index contributed by atoms with van der Waals surface area (Å²) in [6.07, 6.45) is 1.70. The number of pyridine rings is 1. The van der Waals surface area contributed by atoms with Gasteiger partial charge >= 0.3 is 6.18 Å². The zero-order valence-corrected chi connectivity index (χ0v) is 19.4. The Bertz CT molecular complexity index is 914. The highest BCUT2D eigenvalue weighted by Gasteiger charge is 2.56. The molecule has 2 heterocycles. The second-order valence-electron chi connectivity index (χ2n) is 10.7. The highest BCUT2D eigenvalue weighted by atomic mass is 19.4. The van der Waals surface area contributed by atoms with Gasteiger partial charge in [-0.15, -0.1) is 0 Å². The predicted octanol–water partition coefficient (Wildman–Crippen LogP) is 2.42. The first kappa shape index (κ1) is 23.4. The minimum absolute atomic E-state index is 0.0344. The monoisotopic (exact) mass is 479 g/mol. The van der Waals surface area contributed by atoms with E-state index in [1.807, 2.05) is 4.90 Å². The molecule has 0 radical (unpaired) electrons. The van der Waals surface area contributed by atoms with Crippen molar-refractivity contribution in [2.75, 3.05) is 37.6 Å². The van der Waals surface area contributed by atoms with Crippen molar-refractivity contribution < 1.29 is 22.8 Å². The molecule has 1 aromatic heterocycles. The summed E-state index contributed by atoms with van der Waals surface area (Å²) >= 11 is 0. The van der Waals surface area contributed by atoms with Crippen molar-refractivity contribution in [1.29, 1.82) is 0 Å². The van der Waals surface area contributed by atoms with Gasteiger partial charge in [0, 0.05) is 50.9 Å². The molecule has 1 saturated heterocycles. The Hall–Kier alpha value is -2.36. The molecule has 2 amide bonds. The number of nitrogens with zero attached hydrogens (tertiary/aromatic N) is 3. The number of anilines is 1. The van der Waals surface area contributed by atoms with Crippen LogP contribution < -0.4 is 15.5 Å². The lowest BCUT2D eigenvalue weighted by molar-refractivity contribution is -0.137. The number of aromatic nitrogens is 1. The summed E-state index contributed by atoms with van der Waals surface area (Å²) in [5.41, 5.74) is -0.828. The van der Waals surface area contributed by atoms with Crippen LogP contribution in [-0.4, -0.2) is 66.0 Å². The summed E-state index contributed by atoms with van der Waals surface area (Å²) in [6, 6.07) is 2.65. The first-order valence-electron chi connectivity index (χ1n) is 12.2. The molecule has 4 bridgehead atoms. The number of rotatable bonds is 5. The molecule has 4 aliphatic carbocycles. The lowest BCUT2D eigenvalue weighted by Crippen LogP contribution is -2.67. The summed E-state index contributed by atoms with van der Waals surface area (Å²) in [4.78, 5) is 32.6. The van der Waals surface area contributed by atoms with Gasteiger partial charge < -0.3 is 15.5 Å². The van der Waals surface area contributed by atoms with Crippen LogP contribution in [-0.2, 0) is 15.8 Å². The van der Waals surface area contributed by atoms with Crippen molar-refractivity contribution in [3.63, 3.8) is 0 Å². The fourth-order valence-electron chi connectivity index (χ4n) is 7.10. The minimum Gasteiger partial charge on any atom is -0.354 e. The molecule has 6 rings (SSSR count). The van der Waals surface area contributed by atoms with Gasteiger partial charge in [-0.2, -0.15) is 13.2 Å². The molecule has 0 spiro atoms. The maximum Gasteiger partial charge on any atom is 0.417 e. The number of amides is 2. The van der Waals surface area contributed by atoms with Gasteiger partial charge in [0.05, 0.1) is 12.1 Å². The molecule has 5 fully saturated rings. The van der Waals surface area contributed by atoms with Gasteiger partial charge in [-0.1, -0.05) is 0 Å². The fourth-order valence-corrected chi connectivity index (χ4v) is 7.10. The Morgan fingerprint density at radius 2 is 1.76 bits per heavy atom. The third-order valence-electron chi connectivity index (χ3n) is 8.18. The summed E-state index contributed by atoms with van der Waals surface area (Å²) in [5.74, 6) is 2.08. The number of nitrogens with one attached hydrogen (secondary N) is 2. The van der Waals surface area contributed by atoms with Crippen LogP contribution >= 0.6 is 0 Å². The topological polar surface area (TPSA) is 77.6 Å². The van der Waals surface area contributed by atoms with Crippen LogP contribution in [0.4, 0.5) is 19.0 Å². The summed E-state index contributed by atoms with van der Waals surface area (Å²) in [7, 11) is 0. The van der Waals surface area contributed by atoms with Crippen molar-refractivity contribution in [2.24, 2.45) is 17.8 Å². The normalized spacial score (nSPS) is 33.1. The molecule has 5 aliphatic rings. The Labute approximate surface area is 197 Å². The second-order valence-corrected chi connectivity index (χ2v) is 10.7. The van der Waals surface area contributed by atoms with Crippen molar-refractivity contribution in [1.82, 2.24) is 20.5 Å². The molecule has 2 N–H and O–H groups in total. The van der Waals surface area contributed by atoms with Crippen molar-refractivity contribution in [3.8, 4) is 0 Å². The fraction of sp³-hybridized carbons (Fsp3) is 0.708. The lowest BCUT2D eigenvalue weighted by atomic mass is 9.51. The number of hydrogen-bond donors (Lipinski definition) is 2. The van der Waals surface area contributed by atoms with Gasteiger partial charge in [0.2, 0.25) is 11.8 Å². The van der Waals surface area contributed by atoms with Gasteiger partial charge in [0.25, 0.3) is 0 Å². The molecular weight excluding hydrogens is 447 g/mol. The highest BCUT2D eigenvalue weighted by Crippen LogP contribution is 2.55. The van der Waals surface area contributed by atoms with Gasteiger partial charge in [0.1, 0.15) is 5.82 Å². The number of halogens is 3. The molecule has 1 aliphatic heterocycles. The number of carbonyl (C=O) groups is 2. The Kier molecular flexibility index (Phi) is 5.98. The molecule has 10 heteroatoms. The maximum atomic E-state index is 12.9. The van der Waals surface area contributed by atoms with Crippen LogP contribution in [0.25, 0.3) is 0 Å². The van der Waals surface area contributed by atoms with Crippen LogP contribution in [0.5, 0.6) is 0 Å². The van der Waals surface area contributed by atoms with Gasteiger partial charge in [0.15, 0.2) is 0 Å². The average Bonchev–Trinajstić information content (AvgIpc) is 2.75.